The molecule has 0 saturated carbocycles. The van der Waals surface area contributed by atoms with E-state index in [0.29, 0.717) is 23.2 Å². The molecule has 0 amide bonds. The van der Waals surface area contributed by atoms with Gasteiger partial charge in [0.1, 0.15) is 0 Å². The monoisotopic (exact) mass is 270 g/mol. The zero-order valence-electron chi connectivity index (χ0n) is 10.7. The van der Waals surface area contributed by atoms with Crippen LogP contribution in [-0.4, -0.2) is 36.2 Å². The predicted molar refractivity (Wildman–Crippen MR) is 72.1 cm³/mol. The Morgan fingerprint density at radius 1 is 1.50 bits per heavy atom. The van der Waals surface area contributed by atoms with Gasteiger partial charge in [0, 0.05) is 42.3 Å². The fourth-order valence-corrected chi connectivity index (χ4v) is 2.60. The summed E-state index contributed by atoms with van der Waals surface area (Å²) < 4.78 is 5.10. The third-order valence-electron chi connectivity index (χ3n) is 3.48. The van der Waals surface area contributed by atoms with Gasteiger partial charge in [-0.2, -0.15) is 0 Å². The molecule has 1 aliphatic rings. The van der Waals surface area contributed by atoms with Crippen molar-refractivity contribution in [2.75, 3.05) is 20.2 Å². The van der Waals surface area contributed by atoms with E-state index in [1.807, 2.05) is 0 Å². The Morgan fingerprint density at radius 3 is 2.78 bits per heavy atom. The Hall–Kier alpha value is -0.970. The van der Waals surface area contributed by atoms with Crippen molar-refractivity contribution in [1.29, 1.82) is 0 Å². The number of nitrogens with zero attached hydrogens (tertiary/aromatic N) is 1. The Morgan fingerprint density at radius 2 is 2.22 bits per heavy atom. The minimum absolute atomic E-state index is 0.162. The largest absolute Gasteiger partial charge is 0.504 e. The molecule has 0 bridgehead atoms. The van der Waals surface area contributed by atoms with E-state index in [2.05, 4.69) is 11.8 Å². The summed E-state index contributed by atoms with van der Waals surface area (Å²) in [6.07, 6.45) is 0. The minimum atomic E-state index is 0.162. The molecule has 1 saturated heterocycles. The highest BCUT2D eigenvalue weighted by Gasteiger charge is 2.27. The Bertz CT molecular complexity index is 429. The van der Waals surface area contributed by atoms with Crippen molar-refractivity contribution < 1.29 is 9.84 Å². The number of ether oxygens (including phenoxy) is 1. The van der Waals surface area contributed by atoms with Gasteiger partial charge in [-0.25, -0.2) is 0 Å². The van der Waals surface area contributed by atoms with E-state index in [1.54, 1.807) is 12.1 Å². The van der Waals surface area contributed by atoms with Gasteiger partial charge in [0.05, 0.1) is 7.11 Å². The maximum Gasteiger partial charge on any atom is 0.162 e. The summed E-state index contributed by atoms with van der Waals surface area (Å²) in [7, 11) is 1.52. The van der Waals surface area contributed by atoms with Gasteiger partial charge in [0.2, 0.25) is 0 Å². The second-order valence-electron chi connectivity index (χ2n) is 4.95. The zero-order chi connectivity index (χ0) is 13.3. The topological polar surface area (TPSA) is 58.7 Å². The van der Waals surface area contributed by atoms with Crippen molar-refractivity contribution in [2.45, 2.75) is 19.5 Å². The molecule has 5 heteroatoms. The maximum absolute atomic E-state index is 10.1. The standard InChI is InChI=1S/C13H19ClN2O2/c1-8-5-16(7-11(8)15)6-9-3-10(14)4-12(18-2)13(9)17/h3-4,8,11,17H,5-7,15H2,1-2H3. The number of aromatic hydroxyl groups is 1. The number of halogens is 1. The van der Waals surface area contributed by atoms with Gasteiger partial charge in [-0.1, -0.05) is 18.5 Å². The quantitative estimate of drug-likeness (QED) is 0.880. The van der Waals surface area contributed by atoms with Gasteiger partial charge < -0.3 is 15.6 Å². The molecule has 0 spiro atoms. The Balaban J connectivity index is 2.17. The van der Waals surface area contributed by atoms with Gasteiger partial charge in [0.25, 0.3) is 0 Å². The highest BCUT2D eigenvalue weighted by molar-refractivity contribution is 6.30. The fraction of sp³-hybridized carbons (Fsp3) is 0.538. The molecule has 2 unspecified atom stereocenters. The van der Waals surface area contributed by atoms with E-state index in [0.717, 1.165) is 18.7 Å². The number of hydrogen-bond acceptors (Lipinski definition) is 4. The molecule has 1 aromatic rings. The van der Waals surface area contributed by atoms with E-state index in [1.165, 1.54) is 7.11 Å². The first-order valence-corrected chi connectivity index (χ1v) is 6.42. The smallest absolute Gasteiger partial charge is 0.162 e. The van der Waals surface area contributed by atoms with Crippen molar-refractivity contribution in [3.05, 3.63) is 22.7 Å². The molecule has 0 radical (unpaired) electrons. The number of nitrogens with two attached hydrogens (primary N) is 1. The van der Waals surface area contributed by atoms with Crippen LogP contribution in [0.15, 0.2) is 12.1 Å². The first kappa shape index (κ1) is 13.5. The van der Waals surface area contributed by atoms with Gasteiger partial charge in [-0.3, -0.25) is 4.90 Å². The molecule has 18 heavy (non-hydrogen) atoms. The SMILES string of the molecule is COc1cc(Cl)cc(CN2CC(C)C(N)C2)c1O. The highest BCUT2D eigenvalue weighted by Crippen LogP contribution is 2.34. The van der Waals surface area contributed by atoms with E-state index in [4.69, 9.17) is 22.1 Å². The maximum atomic E-state index is 10.1. The van der Waals surface area contributed by atoms with Crippen LogP contribution in [0.5, 0.6) is 11.5 Å². The molecule has 1 fully saturated rings. The van der Waals surface area contributed by atoms with Crippen LogP contribution in [0, 0.1) is 5.92 Å². The summed E-state index contributed by atoms with van der Waals surface area (Å²) in [6, 6.07) is 3.58. The number of phenols is 1. The van der Waals surface area contributed by atoms with Crippen molar-refractivity contribution in [3.63, 3.8) is 0 Å². The first-order valence-electron chi connectivity index (χ1n) is 6.04. The molecular formula is C13H19ClN2O2. The number of likely N-dealkylation sites (tertiary alicyclic amines) is 1. The van der Waals surface area contributed by atoms with E-state index in [9.17, 15) is 5.11 Å². The third-order valence-corrected chi connectivity index (χ3v) is 3.70. The lowest BCUT2D eigenvalue weighted by molar-refractivity contribution is 0.308. The molecule has 3 N–H and O–H groups in total. The summed E-state index contributed by atoms with van der Waals surface area (Å²) in [6.45, 7) is 4.56. The van der Waals surface area contributed by atoms with Crippen molar-refractivity contribution in [3.8, 4) is 11.5 Å². The molecule has 100 valence electrons. The lowest BCUT2D eigenvalue weighted by Gasteiger charge is -2.17. The lowest BCUT2D eigenvalue weighted by atomic mass is 10.1. The van der Waals surface area contributed by atoms with Gasteiger partial charge in [0.15, 0.2) is 11.5 Å². The highest BCUT2D eigenvalue weighted by atomic mass is 35.5. The molecular weight excluding hydrogens is 252 g/mol. The lowest BCUT2D eigenvalue weighted by Crippen LogP contribution is -2.28. The molecule has 1 aromatic carbocycles. The number of benzene rings is 1. The second-order valence-corrected chi connectivity index (χ2v) is 5.39. The average molecular weight is 271 g/mol. The van der Waals surface area contributed by atoms with Gasteiger partial charge in [-0.15, -0.1) is 0 Å². The van der Waals surface area contributed by atoms with Gasteiger partial charge in [-0.05, 0) is 12.0 Å². The predicted octanol–water partition coefficient (Wildman–Crippen LogP) is 1.83. The summed E-state index contributed by atoms with van der Waals surface area (Å²) in [5.74, 6) is 1.05. The first-order chi connectivity index (χ1) is 8.51. The third kappa shape index (κ3) is 2.71. The van der Waals surface area contributed by atoms with Gasteiger partial charge >= 0.3 is 0 Å². The van der Waals surface area contributed by atoms with Crippen molar-refractivity contribution in [1.82, 2.24) is 4.90 Å². The molecule has 0 aromatic heterocycles. The van der Waals surface area contributed by atoms with Crippen molar-refractivity contribution >= 4 is 11.6 Å². The molecule has 2 rings (SSSR count). The molecule has 0 aliphatic carbocycles. The normalized spacial score (nSPS) is 24.4. The van der Waals surface area contributed by atoms with Crippen LogP contribution in [0.4, 0.5) is 0 Å². The number of methoxy groups -OCH3 is 1. The molecule has 4 nitrogen and oxygen atoms in total. The number of hydrogen-bond donors (Lipinski definition) is 2. The van der Waals surface area contributed by atoms with E-state index < -0.39 is 0 Å². The second kappa shape index (κ2) is 5.34. The van der Waals surface area contributed by atoms with E-state index in [-0.39, 0.29) is 11.8 Å². The van der Waals surface area contributed by atoms with Crippen LogP contribution in [0.1, 0.15) is 12.5 Å². The van der Waals surface area contributed by atoms with E-state index >= 15 is 0 Å². The van der Waals surface area contributed by atoms with Crippen molar-refractivity contribution in [2.24, 2.45) is 11.7 Å². The Labute approximate surface area is 112 Å². The number of phenolic OH excluding ortho intramolecular Hbond substituents is 1. The van der Waals surface area contributed by atoms with Crippen LogP contribution in [0.3, 0.4) is 0 Å². The molecule has 1 aliphatic heterocycles. The molecule has 1 heterocycles. The summed E-state index contributed by atoms with van der Waals surface area (Å²) >= 11 is 6.01. The van der Waals surface area contributed by atoms with Crippen LogP contribution in [0.2, 0.25) is 5.02 Å². The number of rotatable bonds is 3. The summed E-state index contributed by atoms with van der Waals surface area (Å²) in [5, 5.41) is 10.6. The Kier molecular flexibility index (Phi) is 4.00. The molecule has 2 atom stereocenters. The summed E-state index contributed by atoms with van der Waals surface area (Å²) in [5.41, 5.74) is 6.77. The van der Waals surface area contributed by atoms with Crippen LogP contribution in [-0.2, 0) is 6.54 Å². The minimum Gasteiger partial charge on any atom is -0.504 e. The zero-order valence-corrected chi connectivity index (χ0v) is 11.4. The summed E-state index contributed by atoms with van der Waals surface area (Å²) in [4.78, 5) is 2.22. The van der Waals surface area contributed by atoms with Crippen LogP contribution < -0.4 is 10.5 Å². The fourth-order valence-electron chi connectivity index (χ4n) is 2.37. The van der Waals surface area contributed by atoms with Crippen LogP contribution >= 0.6 is 11.6 Å². The average Bonchev–Trinajstić information content (AvgIpc) is 2.62. The van der Waals surface area contributed by atoms with Crippen LogP contribution in [0.25, 0.3) is 0 Å².